The summed E-state index contributed by atoms with van der Waals surface area (Å²) in [6.45, 7) is 3.63. The maximum absolute atomic E-state index is 12.5. The van der Waals surface area contributed by atoms with E-state index in [1.54, 1.807) is 6.92 Å². The van der Waals surface area contributed by atoms with Crippen molar-refractivity contribution in [1.82, 2.24) is 0 Å². The van der Waals surface area contributed by atoms with Crippen LogP contribution in [-0.2, 0) is 28.7 Å². The van der Waals surface area contributed by atoms with Crippen molar-refractivity contribution < 1.29 is 28.7 Å². The number of hydrogen-bond donors (Lipinski definition) is 0. The number of rotatable bonds is 8. The summed E-state index contributed by atoms with van der Waals surface area (Å²) in [7, 11) is 2.62. The van der Waals surface area contributed by atoms with Gasteiger partial charge in [0.2, 0.25) is 0 Å². The van der Waals surface area contributed by atoms with Crippen molar-refractivity contribution in [2.75, 3.05) is 14.2 Å². The van der Waals surface area contributed by atoms with Crippen molar-refractivity contribution in [2.45, 2.75) is 58.8 Å². The number of ketones is 2. The van der Waals surface area contributed by atoms with Crippen LogP contribution in [0.4, 0.5) is 0 Å². The van der Waals surface area contributed by atoms with E-state index < -0.39 is 11.4 Å². The molecule has 0 aromatic carbocycles. The van der Waals surface area contributed by atoms with Crippen LogP contribution in [0.15, 0.2) is 23.3 Å². The Balaban J connectivity index is 2.80. The molecule has 0 spiro atoms. The molecule has 0 aliphatic heterocycles. The predicted molar refractivity (Wildman–Crippen MR) is 96.3 cm³/mol. The molecule has 0 radical (unpaired) electrons. The molecule has 0 heterocycles. The van der Waals surface area contributed by atoms with E-state index in [0.717, 1.165) is 5.57 Å². The molecule has 0 N–H and O–H groups in total. The van der Waals surface area contributed by atoms with Gasteiger partial charge in [-0.25, -0.2) is 4.79 Å². The number of esters is 2. The third kappa shape index (κ3) is 6.24. The monoisotopic (exact) mass is 364 g/mol. The molecule has 1 fully saturated rings. The lowest BCUT2D eigenvalue weighted by Gasteiger charge is -2.33. The van der Waals surface area contributed by atoms with Crippen molar-refractivity contribution in [3.63, 3.8) is 0 Å². The summed E-state index contributed by atoms with van der Waals surface area (Å²) in [5, 5.41) is 0. The molecule has 0 amide bonds. The van der Waals surface area contributed by atoms with Crippen molar-refractivity contribution in [3.8, 4) is 0 Å². The first-order chi connectivity index (χ1) is 12.2. The van der Waals surface area contributed by atoms with Crippen LogP contribution < -0.4 is 0 Å². The molecule has 1 rings (SSSR count). The predicted octanol–water partition coefficient (Wildman–Crippen LogP) is 3.09. The highest BCUT2D eigenvalue weighted by molar-refractivity contribution is 5.99. The summed E-state index contributed by atoms with van der Waals surface area (Å²) >= 11 is 0. The minimum Gasteiger partial charge on any atom is -0.469 e. The van der Waals surface area contributed by atoms with Gasteiger partial charge in [0.1, 0.15) is 11.6 Å². The highest BCUT2D eigenvalue weighted by atomic mass is 16.5. The second-order valence-electron chi connectivity index (χ2n) is 6.84. The average Bonchev–Trinajstić information content (AvgIpc) is 2.62. The van der Waals surface area contributed by atoms with Gasteiger partial charge in [-0.05, 0) is 33.1 Å². The van der Waals surface area contributed by atoms with Gasteiger partial charge in [0, 0.05) is 30.3 Å². The molecule has 1 aliphatic carbocycles. The maximum Gasteiger partial charge on any atom is 0.333 e. The lowest BCUT2D eigenvalue weighted by Crippen LogP contribution is -2.39. The second kappa shape index (κ2) is 10.0. The van der Waals surface area contributed by atoms with E-state index in [2.05, 4.69) is 4.74 Å². The zero-order chi connectivity index (χ0) is 19.7. The molecule has 0 bridgehead atoms. The van der Waals surface area contributed by atoms with Crippen LogP contribution in [0.3, 0.4) is 0 Å². The normalized spacial score (nSPS) is 21.5. The third-order valence-corrected chi connectivity index (χ3v) is 4.81. The van der Waals surface area contributed by atoms with Crippen LogP contribution in [0.1, 0.15) is 58.8 Å². The van der Waals surface area contributed by atoms with Gasteiger partial charge >= 0.3 is 11.9 Å². The van der Waals surface area contributed by atoms with Crippen LogP contribution in [0.5, 0.6) is 0 Å². The Morgan fingerprint density at radius 2 is 1.77 bits per heavy atom. The SMILES string of the molecule is COC(=O)CC1(C/C=C(\C)CC/C=C(\C)C(=O)OC)CC(=O)CCC1=O. The Kier molecular flexibility index (Phi) is 8.42. The third-order valence-electron chi connectivity index (χ3n) is 4.81. The minimum absolute atomic E-state index is 0.0104. The Hall–Kier alpha value is -2.24. The van der Waals surface area contributed by atoms with E-state index in [9.17, 15) is 19.2 Å². The molecule has 1 saturated carbocycles. The summed E-state index contributed by atoms with van der Waals surface area (Å²) in [6, 6.07) is 0. The van der Waals surface area contributed by atoms with Crippen LogP contribution in [0.2, 0.25) is 0 Å². The summed E-state index contributed by atoms with van der Waals surface area (Å²) in [5.74, 6) is -0.866. The van der Waals surface area contributed by atoms with Crippen molar-refractivity contribution in [3.05, 3.63) is 23.3 Å². The smallest absolute Gasteiger partial charge is 0.333 e. The molecule has 1 unspecified atom stereocenters. The quantitative estimate of drug-likeness (QED) is 0.374. The number of ether oxygens (including phenoxy) is 2. The summed E-state index contributed by atoms with van der Waals surface area (Å²) in [6.07, 6.45) is 5.91. The Bertz CT molecular complexity index is 628. The lowest BCUT2D eigenvalue weighted by molar-refractivity contribution is -0.150. The first-order valence-corrected chi connectivity index (χ1v) is 8.76. The fraction of sp³-hybridized carbons (Fsp3) is 0.600. The molecule has 0 aromatic rings. The van der Waals surface area contributed by atoms with Gasteiger partial charge in [-0.1, -0.05) is 17.7 Å². The van der Waals surface area contributed by atoms with Gasteiger partial charge in [-0.15, -0.1) is 0 Å². The molecule has 26 heavy (non-hydrogen) atoms. The zero-order valence-electron chi connectivity index (χ0n) is 16.1. The van der Waals surface area contributed by atoms with E-state index in [4.69, 9.17) is 4.74 Å². The van der Waals surface area contributed by atoms with Gasteiger partial charge in [0.25, 0.3) is 0 Å². The van der Waals surface area contributed by atoms with Gasteiger partial charge in [-0.2, -0.15) is 0 Å². The van der Waals surface area contributed by atoms with E-state index in [-0.39, 0.29) is 43.2 Å². The summed E-state index contributed by atoms with van der Waals surface area (Å²) < 4.78 is 9.36. The molecule has 144 valence electrons. The molecular formula is C20H28O6. The first kappa shape index (κ1) is 21.8. The maximum atomic E-state index is 12.5. The van der Waals surface area contributed by atoms with Gasteiger partial charge in [0.05, 0.1) is 20.6 Å². The van der Waals surface area contributed by atoms with E-state index in [1.165, 1.54) is 14.2 Å². The Morgan fingerprint density at radius 1 is 1.08 bits per heavy atom. The molecule has 0 saturated heterocycles. The van der Waals surface area contributed by atoms with Crippen LogP contribution in [-0.4, -0.2) is 37.7 Å². The van der Waals surface area contributed by atoms with Crippen molar-refractivity contribution >= 4 is 23.5 Å². The zero-order valence-corrected chi connectivity index (χ0v) is 16.1. The number of allylic oxidation sites excluding steroid dienone is 3. The van der Waals surface area contributed by atoms with E-state index in [0.29, 0.717) is 24.8 Å². The van der Waals surface area contributed by atoms with Crippen molar-refractivity contribution in [1.29, 1.82) is 0 Å². The fourth-order valence-corrected chi connectivity index (χ4v) is 3.08. The topological polar surface area (TPSA) is 86.7 Å². The largest absolute Gasteiger partial charge is 0.469 e. The Morgan fingerprint density at radius 3 is 2.38 bits per heavy atom. The number of carbonyl (C=O) groups excluding carboxylic acids is 4. The average molecular weight is 364 g/mol. The molecule has 0 aromatic heterocycles. The van der Waals surface area contributed by atoms with Crippen LogP contribution >= 0.6 is 0 Å². The molecule has 1 atom stereocenters. The Labute approximate surface area is 154 Å². The standard InChI is InChI=1S/C20H28O6/c1-14(6-5-7-15(2)19(24)26-4)10-11-20(13-18(23)25-3)12-16(21)8-9-17(20)22/h7,10H,5-6,8-9,11-13H2,1-4H3/b14-10+,15-7+. The first-order valence-electron chi connectivity index (χ1n) is 8.76. The van der Waals surface area contributed by atoms with Crippen LogP contribution in [0.25, 0.3) is 0 Å². The van der Waals surface area contributed by atoms with Crippen LogP contribution in [0, 0.1) is 5.41 Å². The fourth-order valence-electron chi connectivity index (χ4n) is 3.08. The van der Waals surface area contributed by atoms with Gasteiger partial charge < -0.3 is 9.47 Å². The summed E-state index contributed by atoms with van der Waals surface area (Å²) in [5.41, 5.74) is 0.603. The molecular weight excluding hydrogens is 336 g/mol. The van der Waals surface area contributed by atoms with Gasteiger partial charge in [-0.3, -0.25) is 14.4 Å². The minimum atomic E-state index is -0.985. The summed E-state index contributed by atoms with van der Waals surface area (Å²) in [4.78, 5) is 47.5. The molecule has 6 nitrogen and oxygen atoms in total. The van der Waals surface area contributed by atoms with Gasteiger partial charge in [0.15, 0.2) is 0 Å². The number of Topliss-reactive ketones (excluding diaryl/α,β-unsaturated/α-hetero) is 2. The number of carbonyl (C=O) groups is 4. The van der Waals surface area contributed by atoms with E-state index >= 15 is 0 Å². The molecule has 1 aliphatic rings. The lowest BCUT2D eigenvalue weighted by atomic mass is 9.68. The van der Waals surface area contributed by atoms with Crippen molar-refractivity contribution in [2.24, 2.45) is 5.41 Å². The van der Waals surface area contributed by atoms with E-state index in [1.807, 2.05) is 19.1 Å². The number of hydrogen-bond acceptors (Lipinski definition) is 6. The highest BCUT2D eigenvalue weighted by Crippen LogP contribution is 2.39. The number of methoxy groups -OCH3 is 2. The molecule has 6 heteroatoms. The second-order valence-corrected chi connectivity index (χ2v) is 6.84. The highest BCUT2D eigenvalue weighted by Gasteiger charge is 2.44.